The summed E-state index contributed by atoms with van der Waals surface area (Å²) in [5.41, 5.74) is 0.451. The molecule has 0 radical (unpaired) electrons. The van der Waals surface area contributed by atoms with Crippen molar-refractivity contribution in [1.29, 1.82) is 0 Å². The predicted molar refractivity (Wildman–Crippen MR) is 89.1 cm³/mol. The van der Waals surface area contributed by atoms with Gasteiger partial charge in [0.1, 0.15) is 5.25 Å². The van der Waals surface area contributed by atoms with Crippen LogP contribution in [0.15, 0.2) is 53.4 Å². The normalized spacial score (nSPS) is 11.9. The molecule has 0 aliphatic rings. The van der Waals surface area contributed by atoms with Gasteiger partial charge in [0.05, 0.1) is 0 Å². The van der Waals surface area contributed by atoms with Gasteiger partial charge in [-0.2, -0.15) is 0 Å². The molecule has 1 atom stereocenters. The molecule has 0 heterocycles. The zero-order chi connectivity index (χ0) is 16.1. The fraction of sp³-hybridized carbons (Fsp3) is 0.125. The van der Waals surface area contributed by atoms with Gasteiger partial charge >= 0.3 is 5.97 Å². The van der Waals surface area contributed by atoms with E-state index in [1.54, 1.807) is 48.5 Å². The van der Waals surface area contributed by atoms with E-state index >= 15 is 0 Å². The quantitative estimate of drug-likeness (QED) is 0.597. The summed E-state index contributed by atoms with van der Waals surface area (Å²) in [6, 6.07) is 13.2. The summed E-state index contributed by atoms with van der Waals surface area (Å²) < 4.78 is 0. The maximum absolute atomic E-state index is 12.2. The Balaban J connectivity index is 2.08. The number of hydrogen-bond acceptors (Lipinski definition) is 3. The molecule has 0 aromatic heterocycles. The van der Waals surface area contributed by atoms with Crippen molar-refractivity contribution >= 4 is 46.7 Å². The van der Waals surface area contributed by atoms with Crippen LogP contribution in [-0.2, 0) is 4.79 Å². The first-order chi connectivity index (χ1) is 10.5. The van der Waals surface area contributed by atoms with Crippen molar-refractivity contribution in [3.8, 4) is 0 Å². The van der Waals surface area contributed by atoms with E-state index in [0.29, 0.717) is 15.6 Å². The molecule has 0 spiro atoms. The first-order valence-corrected chi connectivity index (χ1v) is 8.03. The molecule has 2 rings (SSSR count). The number of thioether (sulfide) groups is 1. The third-order valence-electron chi connectivity index (χ3n) is 2.90. The highest BCUT2D eigenvalue weighted by atomic mass is 35.5. The molecule has 0 amide bonds. The van der Waals surface area contributed by atoms with E-state index in [-0.39, 0.29) is 12.2 Å². The summed E-state index contributed by atoms with van der Waals surface area (Å²) >= 11 is 12.7. The Bertz CT molecular complexity index is 669. The standard InChI is InChI=1S/C16H12Cl2O3S/c17-11-3-1-10(2-4-11)14(19)9-15(16(20)21)22-13-7-5-12(18)6-8-13/h1-8,15H,9H2,(H,20,21). The molecular weight excluding hydrogens is 343 g/mol. The average molecular weight is 355 g/mol. The van der Waals surface area contributed by atoms with Crippen molar-refractivity contribution in [2.45, 2.75) is 16.6 Å². The number of ketones is 1. The Hall–Kier alpha value is -1.49. The van der Waals surface area contributed by atoms with Crippen molar-refractivity contribution < 1.29 is 14.7 Å². The first-order valence-electron chi connectivity index (χ1n) is 6.39. The molecule has 0 bridgehead atoms. The van der Waals surface area contributed by atoms with Gasteiger partial charge < -0.3 is 5.11 Å². The number of benzene rings is 2. The van der Waals surface area contributed by atoms with Crippen molar-refractivity contribution in [2.24, 2.45) is 0 Å². The molecule has 114 valence electrons. The summed E-state index contributed by atoms with van der Waals surface area (Å²) in [6.07, 6.45) is -0.0930. The van der Waals surface area contributed by atoms with Crippen LogP contribution in [0.1, 0.15) is 16.8 Å². The highest BCUT2D eigenvalue weighted by molar-refractivity contribution is 8.00. The van der Waals surface area contributed by atoms with Gasteiger partial charge in [0, 0.05) is 26.9 Å². The number of rotatable bonds is 6. The van der Waals surface area contributed by atoms with Crippen LogP contribution in [0.25, 0.3) is 0 Å². The van der Waals surface area contributed by atoms with Crippen LogP contribution in [0.2, 0.25) is 10.0 Å². The summed E-state index contributed by atoms with van der Waals surface area (Å²) in [5, 5.41) is 9.56. The van der Waals surface area contributed by atoms with Gasteiger partial charge in [-0.05, 0) is 48.5 Å². The maximum atomic E-state index is 12.2. The number of carboxylic acid groups (broad SMARTS) is 1. The fourth-order valence-electron chi connectivity index (χ4n) is 1.78. The molecule has 0 saturated heterocycles. The number of hydrogen-bond donors (Lipinski definition) is 1. The molecule has 1 N–H and O–H groups in total. The van der Waals surface area contributed by atoms with Crippen molar-refractivity contribution in [1.82, 2.24) is 0 Å². The summed E-state index contributed by atoms with van der Waals surface area (Å²) in [6.45, 7) is 0. The van der Waals surface area contributed by atoms with Crippen LogP contribution in [0.5, 0.6) is 0 Å². The van der Waals surface area contributed by atoms with Gasteiger partial charge in [0.25, 0.3) is 0 Å². The van der Waals surface area contributed by atoms with E-state index in [2.05, 4.69) is 0 Å². The zero-order valence-electron chi connectivity index (χ0n) is 11.3. The van der Waals surface area contributed by atoms with Gasteiger partial charge in [-0.3, -0.25) is 9.59 Å². The number of carboxylic acids is 1. The number of carbonyl (C=O) groups excluding carboxylic acids is 1. The lowest BCUT2D eigenvalue weighted by Crippen LogP contribution is -2.20. The topological polar surface area (TPSA) is 54.4 Å². The molecule has 2 aromatic carbocycles. The third-order valence-corrected chi connectivity index (χ3v) is 4.61. The SMILES string of the molecule is O=C(CC(Sc1ccc(Cl)cc1)C(=O)O)c1ccc(Cl)cc1. The Labute approximate surface area is 142 Å². The van der Waals surface area contributed by atoms with Crippen LogP contribution < -0.4 is 0 Å². The van der Waals surface area contributed by atoms with Crippen LogP contribution in [0, 0.1) is 0 Å². The molecule has 0 aliphatic heterocycles. The summed E-state index contributed by atoms with van der Waals surface area (Å²) in [5.74, 6) is -1.26. The lowest BCUT2D eigenvalue weighted by molar-refractivity contribution is -0.136. The van der Waals surface area contributed by atoms with Crippen molar-refractivity contribution in [3.05, 3.63) is 64.1 Å². The molecule has 2 aromatic rings. The molecule has 22 heavy (non-hydrogen) atoms. The van der Waals surface area contributed by atoms with Gasteiger partial charge in [-0.1, -0.05) is 23.2 Å². The Morgan fingerprint density at radius 1 is 0.955 bits per heavy atom. The Morgan fingerprint density at radius 2 is 1.45 bits per heavy atom. The van der Waals surface area contributed by atoms with Crippen LogP contribution >= 0.6 is 35.0 Å². The second kappa shape index (κ2) is 7.68. The average Bonchev–Trinajstić information content (AvgIpc) is 2.49. The van der Waals surface area contributed by atoms with Gasteiger partial charge in [-0.25, -0.2) is 0 Å². The monoisotopic (exact) mass is 354 g/mol. The summed E-state index contributed by atoms with van der Waals surface area (Å²) in [7, 11) is 0. The molecule has 0 aliphatic carbocycles. The maximum Gasteiger partial charge on any atom is 0.317 e. The number of aliphatic carboxylic acids is 1. The predicted octanol–water partition coefficient (Wildman–Crippen LogP) is 4.81. The first kappa shape index (κ1) is 16.9. The minimum atomic E-state index is -1.03. The van der Waals surface area contributed by atoms with E-state index in [9.17, 15) is 14.7 Å². The second-order valence-corrected chi connectivity index (χ2v) is 6.68. The van der Waals surface area contributed by atoms with Crippen LogP contribution in [-0.4, -0.2) is 22.1 Å². The molecule has 0 saturated carbocycles. The van der Waals surface area contributed by atoms with E-state index in [1.807, 2.05) is 0 Å². The van der Waals surface area contributed by atoms with Crippen LogP contribution in [0.3, 0.4) is 0 Å². The minimum absolute atomic E-state index is 0.0930. The summed E-state index contributed by atoms with van der Waals surface area (Å²) in [4.78, 5) is 24.3. The van der Waals surface area contributed by atoms with Gasteiger partial charge in [-0.15, -0.1) is 11.8 Å². The van der Waals surface area contributed by atoms with Crippen molar-refractivity contribution in [2.75, 3.05) is 0 Å². The van der Waals surface area contributed by atoms with Crippen molar-refractivity contribution in [3.63, 3.8) is 0 Å². The van der Waals surface area contributed by atoms with Gasteiger partial charge in [0.15, 0.2) is 5.78 Å². The van der Waals surface area contributed by atoms with Gasteiger partial charge in [0.2, 0.25) is 0 Å². The zero-order valence-corrected chi connectivity index (χ0v) is 13.7. The second-order valence-electron chi connectivity index (χ2n) is 4.53. The molecule has 1 unspecified atom stereocenters. The molecular formula is C16H12Cl2O3S. The highest BCUT2D eigenvalue weighted by Crippen LogP contribution is 2.28. The third kappa shape index (κ3) is 4.77. The Kier molecular flexibility index (Phi) is 5.89. The molecule has 3 nitrogen and oxygen atoms in total. The van der Waals surface area contributed by atoms with E-state index in [1.165, 1.54) is 0 Å². The van der Waals surface area contributed by atoms with E-state index in [4.69, 9.17) is 23.2 Å². The van der Waals surface area contributed by atoms with E-state index < -0.39 is 11.2 Å². The molecule has 0 fully saturated rings. The van der Waals surface area contributed by atoms with Crippen LogP contribution in [0.4, 0.5) is 0 Å². The minimum Gasteiger partial charge on any atom is -0.480 e. The fourth-order valence-corrected chi connectivity index (χ4v) is 2.99. The number of Topliss-reactive ketones (excluding diaryl/α,β-unsaturated/α-hetero) is 1. The number of carbonyl (C=O) groups is 2. The largest absolute Gasteiger partial charge is 0.480 e. The lowest BCUT2D eigenvalue weighted by Gasteiger charge is -2.11. The van der Waals surface area contributed by atoms with E-state index in [0.717, 1.165) is 16.7 Å². The smallest absolute Gasteiger partial charge is 0.317 e. The Morgan fingerprint density at radius 3 is 1.95 bits per heavy atom. The molecule has 6 heteroatoms. The highest BCUT2D eigenvalue weighted by Gasteiger charge is 2.23. The lowest BCUT2D eigenvalue weighted by atomic mass is 10.1. The number of halogens is 2.